The van der Waals surface area contributed by atoms with Gasteiger partial charge >= 0.3 is 0 Å². The maximum atomic E-state index is 12.5. The molecule has 7 heteroatoms. The van der Waals surface area contributed by atoms with Gasteiger partial charge < -0.3 is 10.6 Å². The molecule has 1 aliphatic rings. The van der Waals surface area contributed by atoms with E-state index in [2.05, 4.69) is 9.62 Å². The average molecular weight is 332 g/mol. The quantitative estimate of drug-likeness (QED) is 0.857. The normalized spacial score (nSPS) is 20.1. The number of likely N-dealkylation sites (N-methyl/N-ethyl adjacent to an activating group) is 1. The smallest absolute Gasteiger partial charge is 0.240 e. The summed E-state index contributed by atoms with van der Waals surface area (Å²) in [6, 6.07) is 3.45. The molecular formula is C14H22ClN3O2S. The van der Waals surface area contributed by atoms with E-state index >= 15 is 0 Å². The largest absolute Gasteiger partial charge is 0.326 e. The van der Waals surface area contributed by atoms with E-state index in [1.54, 1.807) is 13.0 Å². The number of sulfonamides is 1. The van der Waals surface area contributed by atoms with Gasteiger partial charge in [-0.25, -0.2) is 13.1 Å². The van der Waals surface area contributed by atoms with Gasteiger partial charge in [0, 0.05) is 24.2 Å². The molecule has 118 valence electrons. The van der Waals surface area contributed by atoms with Gasteiger partial charge in [0.1, 0.15) is 0 Å². The molecule has 1 aliphatic heterocycles. The van der Waals surface area contributed by atoms with Crippen LogP contribution in [-0.4, -0.2) is 39.5 Å². The van der Waals surface area contributed by atoms with Gasteiger partial charge in [0.25, 0.3) is 0 Å². The third kappa shape index (κ3) is 3.76. The van der Waals surface area contributed by atoms with Crippen LogP contribution in [0.1, 0.15) is 24.0 Å². The minimum Gasteiger partial charge on any atom is -0.326 e. The Kier molecular flexibility index (Phi) is 5.27. The van der Waals surface area contributed by atoms with Gasteiger partial charge in [-0.15, -0.1) is 0 Å². The third-order valence-corrected chi connectivity index (χ3v) is 5.89. The fourth-order valence-corrected chi connectivity index (χ4v) is 4.41. The van der Waals surface area contributed by atoms with Crippen LogP contribution in [0.25, 0.3) is 0 Å². The molecule has 3 N–H and O–H groups in total. The first-order valence-corrected chi connectivity index (χ1v) is 8.90. The van der Waals surface area contributed by atoms with Crippen LogP contribution in [0.4, 0.5) is 0 Å². The van der Waals surface area contributed by atoms with Crippen molar-refractivity contribution in [3.8, 4) is 0 Å². The van der Waals surface area contributed by atoms with Crippen LogP contribution < -0.4 is 10.5 Å². The molecule has 1 fully saturated rings. The van der Waals surface area contributed by atoms with Crippen molar-refractivity contribution < 1.29 is 8.42 Å². The van der Waals surface area contributed by atoms with Gasteiger partial charge in [-0.05, 0) is 56.6 Å². The van der Waals surface area contributed by atoms with E-state index in [-0.39, 0.29) is 17.5 Å². The predicted molar refractivity (Wildman–Crippen MR) is 84.9 cm³/mol. The Morgan fingerprint density at radius 1 is 1.48 bits per heavy atom. The number of benzene rings is 1. The van der Waals surface area contributed by atoms with Crippen LogP contribution in [-0.2, 0) is 16.6 Å². The van der Waals surface area contributed by atoms with Gasteiger partial charge in [0.15, 0.2) is 0 Å². The van der Waals surface area contributed by atoms with E-state index in [0.29, 0.717) is 17.1 Å². The zero-order valence-corrected chi connectivity index (χ0v) is 14.0. The molecule has 1 aromatic rings. The molecule has 0 spiro atoms. The Labute approximate surface area is 131 Å². The highest BCUT2D eigenvalue weighted by molar-refractivity contribution is 7.89. The molecule has 0 aliphatic carbocycles. The molecule has 1 unspecified atom stereocenters. The van der Waals surface area contributed by atoms with Gasteiger partial charge in [-0.2, -0.15) is 0 Å². The summed E-state index contributed by atoms with van der Waals surface area (Å²) in [6.07, 6.45) is 2.12. The molecule has 0 amide bonds. The number of nitrogens with zero attached hydrogens (tertiary/aromatic N) is 1. The number of halogens is 1. The van der Waals surface area contributed by atoms with Gasteiger partial charge in [-0.3, -0.25) is 0 Å². The van der Waals surface area contributed by atoms with Crippen molar-refractivity contribution in [1.29, 1.82) is 0 Å². The first kappa shape index (κ1) is 16.7. The minimum absolute atomic E-state index is 0.219. The number of likely N-dealkylation sites (tertiary alicyclic amines) is 1. The van der Waals surface area contributed by atoms with Crippen LogP contribution in [0.15, 0.2) is 17.0 Å². The molecule has 1 atom stereocenters. The second-order valence-electron chi connectivity index (χ2n) is 5.52. The highest BCUT2D eigenvalue weighted by Gasteiger charge is 2.25. The summed E-state index contributed by atoms with van der Waals surface area (Å²) in [7, 11) is -1.56. The van der Waals surface area contributed by atoms with Crippen LogP contribution in [0.3, 0.4) is 0 Å². The van der Waals surface area contributed by atoms with Crippen molar-refractivity contribution >= 4 is 21.6 Å². The average Bonchev–Trinajstić information content (AvgIpc) is 2.84. The summed E-state index contributed by atoms with van der Waals surface area (Å²) in [4.78, 5) is 2.40. The third-order valence-electron chi connectivity index (χ3n) is 4.12. The van der Waals surface area contributed by atoms with Crippen LogP contribution >= 0.6 is 11.6 Å². The van der Waals surface area contributed by atoms with E-state index < -0.39 is 10.0 Å². The molecule has 0 radical (unpaired) electrons. The molecule has 0 bridgehead atoms. The summed E-state index contributed by atoms with van der Waals surface area (Å²) in [5.74, 6) is 0. The zero-order valence-electron chi connectivity index (χ0n) is 12.4. The van der Waals surface area contributed by atoms with Crippen LogP contribution in [0, 0.1) is 6.92 Å². The number of nitrogens with one attached hydrogen (secondary N) is 1. The van der Waals surface area contributed by atoms with Gasteiger partial charge in [0.2, 0.25) is 10.0 Å². The summed E-state index contributed by atoms with van der Waals surface area (Å²) >= 11 is 6.00. The summed E-state index contributed by atoms with van der Waals surface area (Å²) in [5.41, 5.74) is 7.05. The molecule has 1 heterocycles. The fraction of sp³-hybridized carbons (Fsp3) is 0.571. The summed E-state index contributed by atoms with van der Waals surface area (Å²) in [6.45, 7) is 3.46. The van der Waals surface area contributed by atoms with E-state index in [4.69, 9.17) is 17.3 Å². The fourth-order valence-electron chi connectivity index (χ4n) is 2.72. The first-order valence-electron chi connectivity index (χ1n) is 7.04. The van der Waals surface area contributed by atoms with E-state index in [1.807, 2.05) is 7.05 Å². The molecule has 21 heavy (non-hydrogen) atoms. The SMILES string of the molecule is Cc1c(CN)cc(Cl)cc1S(=O)(=O)NCC1CCCN1C. The Balaban J connectivity index is 2.21. The maximum absolute atomic E-state index is 12.5. The molecule has 0 aromatic heterocycles. The Morgan fingerprint density at radius 3 is 2.76 bits per heavy atom. The highest BCUT2D eigenvalue weighted by Crippen LogP contribution is 2.24. The molecule has 1 aromatic carbocycles. The monoisotopic (exact) mass is 331 g/mol. The van der Waals surface area contributed by atoms with E-state index in [1.165, 1.54) is 6.07 Å². The highest BCUT2D eigenvalue weighted by atomic mass is 35.5. The number of nitrogens with two attached hydrogens (primary N) is 1. The van der Waals surface area contributed by atoms with Gasteiger partial charge in [-0.1, -0.05) is 11.6 Å². The summed E-state index contributed by atoms with van der Waals surface area (Å²) < 4.78 is 27.7. The van der Waals surface area contributed by atoms with Crippen molar-refractivity contribution in [1.82, 2.24) is 9.62 Å². The standard InChI is InChI=1S/C14H22ClN3O2S/c1-10-11(8-16)6-12(15)7-14(10)21(19,20)17-9-13-4-3-5-18(13)2/h6-7,13,17H,3-5,8-9,16H2,1-2H3. The second kappa shape index (κ2) is 6.62. The molecular weight excluding hydrogens is 310 g/mol. The molecule has 5 nitrogen and oxygen atoms in total. The molecule has 2 rings (SSSR count). The Morgan fingerprint density at radius 2 is 2.19 bits per heavy atom. The van der Waals surface area contributed by atoms with E-state index in [0.717, 1.165) is 24.9 Å². The maximum Gasteiger partial charge on any atom is 0.240 e. The van der Waals surface area contributed by atoms with Crippen LogP contribution in [0.5, 0.6) is 0 Å². The van der Waals surface area contributed by atoms with Crippen LogP contribution in [0.2, 0.25) is 5.02 Å². The van der Waals surface area contributed by atoms with E-state index in [9.17, 15) is 8.42 Å². The Hall–Kier alpha value is -0.660. The van der Waals surface area contributed by atoms with Crippen molar-refractivity contribution in [2.45, 2.75) is 37.2 Å². The van der Waals surface area contributed by atoms with Crippen molar-refractivity contribution in [2.24, 2.45) is 5.73 Å². The first-order chi connectivity index (χ1) is 9.85. The molecule has 1 saturated heterocycles. The Bertz CT molecular complexity index is 619. The lowest BCUT2D eigenvalue weighted by molar-refractivity contribution is 0.311. The molecule has 0 saturated carbocycles. The topological polar surface area (TPSA) is 75.4 Å². The second-order valence-corrected chi connectivity index (χ2v) is 7.69. The van der Waals surface area contributed by atoms with Gasteiger partial charge in [0.05, 0.1) is 4.90 Å². The van der Waals surface area contributed by atoms with Crippen molar-refractivity contribution in [3.05, 3.63) is 28.3 Å². The number of hydrogen-bond donors (Lipinski definition) is 2. The zero-order chi connectivity index (χ0) is 15.6. The number of rotatable bonds is 5. The predicted octanol–water partition coefficient (Wildman–Crippen LogP) is 1.48. The van der Waals surface area contributed by atoms with Crippen molar-refractivity contribution in [3.63, 3.8) is 0 Å². The number of hydrogen-bond acceptors (Lipinski definition) is 4. The minimum atomic E-state index is -3.57. The lowest BCUT2D eigenvalue weighted by Crippen LogP contribution is -2.38. The van der Waals surface area contributed by atoms with Crippen molar-refractivity contribution in [2.75, 3.05) is 20.1 Å². The summed E-state index contributed by atoms with van der Waals surface area (Å²) in [5, 5.41) is 0.388. The lowest BCUT2D eigenvalue weighted by Gasteiger charge is -2.20. The lowest BCUT2D eigenvalue weighted by atomic mass is 10.1.